The van der Waals surface area contributed by atoms with E-state index in [-0.39, 0.29) is 0 Å². The Labute approximate surface area is 109 Å². The van der Waals surface area contributed by atoms with Crippen molar-refractivity contribution in [2.45, 2.75) is 62.3 Å². The summed E-state index contributed by atoms with van der Waals surface area (Å²) in [6.45, 7) is 9.24. The highest BCUT2D eigenvalue weighted by atomic mass is 32.2. The van der Waals surface area contributed by atoms with E-state index in [1.165, 1.54) is 18.6 Å². The van der Waals surface area contributed by atoms with Crippen LogP contribution in [0.15, 0.2) is 0 Å². The molecule has 0 aromatic rings. The Hall–Kier alpha value is 0.620. The van der Waals surface area contributed by atoms with Gasteiger partial charge in [0.15, 0.2) is 0 Å². The van der Waals surface area contributed by atoms with Crippen LogP contribution in [0, 0.1) is 5.92 Å². The van der Waals surface area contributed by atoms with E-state index in [2.05, 4.69) is 56.6 Å². The summed E-state index contributed by atoms with van der Waals surface area (Å²) >= 11 is 4.22. The predicted molar refractivity (Wildman–Crippen MR) is 77.9 cm³/mol. The molecule has 5 unspecified atom stereocenters. The van der Waals surface area contributed by atoms with Crippen LogP contribution < -0.4 is 11.3 Å². The SMILES string of the molecule is CCCC(C)C(NN)C1CSC(C)C(C)S1. The van der Waals surface area contributed by atoms with Gasteiger partial charge in [0.1, 0.15) is 0 Å². The largest absolute Gasteiger partial charge is 0.271 e. The zero-order chi connectivity index (χ0) is 12.1. The fourth-order valence-electron chi connectivity index (χ4n) is 2.27. The van der Waals surface area contributed by atoms with E-state index in [4.69, 9.17) is 5.84 Å². The Morgan fingerprint density at radius 1 is 1.38 bits per heavy atom. The molecule has 0 aromatic carbocycles. The van der Waals surface area contributed by atoms with Crippen molar-refractivity contribution in [3.05, 3.63) is 0 Å². The molecule has 96 valence electrons. The summed E-state index contributed by atoms with van der Waals surface area (Å²) in [6.07, 6.45) is 2.51. The van der Waals surface area contributed by atoms with E-state index in [1.807, 2.05) is 0 Å². The summed E-state index contributed by atoms with van der Waals surface area (Å²) in [6, 6.07) is 0.465. The molecular weight excluding hydrogens is 236 g/mol. The van der Waals surface area contributed by atoms with E-state index >= 15 is 0 Å². The van der Waals surface area contributed by atoms with Gasteiger partial charge in [0, 0.05) is 27.5 Å². The Balaban J connectivity index is 2.53. The molecule has 5 atom stereocenters. The van der Waals surface area contributed by atoms with E-state index in [0.29, 0.717) is 17.2 Å². The third kappa shape index (κ3) is 3.83. The maximum atomic E-state index is 5.74. The summed E-state index contributed by atoms with van der Waals surface area (Å²) < 4.78 is 0. The van der Waals surface area contributed by atoms with Gasteiger partial charge in [0.05, 0.1) is 0 Å². The van der Waals surface area contributed by atoms with Crippen molar-refractivity contribution in [3.63, 3.8) is 0 Å². The highest BCUT2D eigenvalue weighted by Crippen LogP contribution is 2.38. The molecule has 0 bridgehead atoms. The number of nitrogens with one attached hydrogen (secondary N) is 1. The van der Waals surface area contributed by atoms with Gasteiger partial charge in [-0.15, -0.1) is 0 Å². The highest BCUT2D eigenvalue weighted by Gasteiger charge is 2.33. The number of hydrogen-bond acceptors (Lipinski definition) is 4. The number of hydrogen-bond donors (Lipinski definition) is 2. The fraction of sp³-hybridized carbons (Fsp3) is 1.00. The van der Waals surface area contributed by atoms with E-state index in [9.17, 15) is 0 Å². The molecule has 3 N–H and O–H groups in total. The van der Waals surface area contributed by atoms with Crippen LogP contribution in [0.4, 0.5) is 0 Å². The molecular formula is C12H26N2S2. The Morgan fingerprint density at radius 3 is 2.56 bits per heavy atom. The van der Waals surface area contributed by atoms with Crippen LogP contribution >= 0.6 is 23.5 Å². The van der Waals surface area contributed by atoms with Crippen molar-refractivity contribution in [2.24, 2.45) is 11.8 Å². The maximum Gasteiger partial charge on any atom is 0.0363 e. The summed E-state index contributed by atoms with van der Waals surface area (Å²) in [5.74, 6) is 7.65. The molecule has 0 amide bonds. The summed E-state index contributed by atoms with van der Waals surface area (Å²) in [5, 5.41) is 2.19. The van der Waals surface area contributed by atoms with Crippen LogP contribution in [0.1, 0.15) is 40.5 Å². The van der Waals surface area contributed by atoms with Gasteiger partial charge in [-0.3, -0.25) is 11.3 Å². The van der Waals surface area contributed by atoms with Gasteiger partial charge in [0.25, 0.3) is 0 Å². The zero-order valence-corrected chi connectivity index (χ0v) is 12.5. The molecule has 1 fully saturated rings. The Morgan fingerprint density at radius 2 is 2.06 bits per heavy atom. The Kier molecular flexibility index (Phi) is 6.55. The minimum atomic E-state index is 0.465. The van der Waals surface area contributed by atoms with Gasteiger partial charge >= 0.3 is 0 Å². The van der Waals surface area contributed by atoms with Crippen molar-refractivity contribution in [2.75, 3.05) is 5.75 Å². The second-order valence-electron chi connectivity index (χ2n) is 4.88. The van der Waals surface area contributed by atoms with Gasteiger partial charge in [-0.25, -0.2) is 0 Å². The second kappa shape index (κ2) is 7.14. The summed E-state index contributed by atoms with van der Waals surface area (Å²) in [7, 11) is 0. The van der Waals surface area contributed by atoms with Gasteiger partial charge in [-0.1, -0.05) is 34.1 Å². The molecule has 1 aliphatic heterocycles. The molecule has 0 radical (unpaired) electrons. The lowest BCUT2D eigenvalue weighted by Crippen LogP contribution is -2.50. The molecule has 1 aliphatic rings. The minimum Gasteiger partial charge on any atom is -0.271 e. The first kappa shape index (κ1) is 14.7. The predicted octanol–water partition coefficient (Wildman–Crippen LogP) is 2.88. The lowest BCUT2D eigenvalue weighted by molar-refractivity contribution is 0.357. The van der Waals surface area contributed by atoms with Crippen LogP contribution in [0.2, 0.25) is 0 Å². The summed E-state index contributed by atoms with van der Waals surface area (Å²) in [4.78, 5) is 0. The van der Waals surface area contributed by atoms with E-state index in [0.717, 1.165) is 10.5 Å². The Bertz CT molecular complexity index is 201. The number of nitrogens with two attached hydrogens (primary N) is 1. The first-order valence-electron chi connectivity index (χ1n) is 6.33. The van der Waals surface area contributed by atoms with Crippen LogP contribution in [0.3, 0.4) is 0 Å². The molecule has 1 rings (SSSR count). The molecule has 0 saturated carbocycles. The van der Waals surface area contributed by atoms with Gasteiger partial charge < -0.3 is 0 Å². The molecule has 0 spiro atoms. The van der Waals surface area contributed by atoms with Crippen molar-refractivity contribution < 1.29 is 0 Å². The molecule has 0 aliphatic carbocycles. The standard InChI is InChI=1S/C12H26N2S2/c1-5-6-8(2)12(14-13)11-7-15-9(3)10(4)16-11/h8-12,14H,5-7,13H2,1-4H3. The smallest absolute Gasteiger partial charge is 0.0363 e. The topological polar surface area (TPSA) is 38.0 Å². The van der Waals surface area contributed by atoms with Gasteiger partial charge in [-0.05, 0) is 12.3 Å². The molecule has 2 nitrogen and oxygen atoms in total. The van der Waals surface area contributed by atoms with Crippen molar-refractivity contribution in [1.82, 2.24) is 5.43 Å². The minimum absolute atomic E-state index is 0.465. The van der Waals surface area contributed by atoms with Crippen LogP contribution in [0.25, 0.3) is 0 Å². The molecule has 1 saturated heterocycles. The van der Waals surface area contributed by atoms with Gasteiger partial charge in [-0.2, -0.15) is 23.5 Å². The van der Waals surface area contributed by atoms with Crippen LogP contribution in [0.5, 0.6) is 0 Å². The molecule has 0 aromatic heterocycles. The van der Waals surface area contributed by atoms with Crippen LogP contribution in [-0.2, 0) is 0 Å². The fourth-order valence-corrected chi connectivity index (χ4v) is 5.51. The zero-order valence-electron chi connectivity index (χ0n) is 10.9. The quantitative estimate of drug-likeness (QED) is 0.590. The molecule has 4 heteroatoms. The second-order valence-corrected chi connectivity index (χ2v) is 7.91. The van der Waals surface area contributed by atoms with Crippen molar-refractivity contribution in [3.8, 4) is 0 Å². The molecule has 1 heterocycles. The third-order valence-corrected chi connectivity index (χ3v) is 7.04. The van der Waals surface area contributed by atoms with Crippen molar-refractivity contribution in [1.29, 1.82) is 0 Å². The molecule has 16 heavy (non-hydrogen) atoms. The van der Waals surface area contributed by atoms with Gasteiger partial charge in [0.2, 0.25) is 0 Å². The van der Waals surface area contributed by atoms with Crippen molar-refractivity contribution >= 4 is 23.5 Å². The average Bonchev–Trinajstić information content (AvgIpc) is 2.25. The van der Waals surface area contributed by atoms with Crippen LogP contribution in [-0.4, -0.2) is 27.5 Å². The van der Waals surface area contributed by atoms with E-state index < -0.39 is 0 Å². The first-order valence-corrected chi connectivity index (χ1v) is 8.32. The number of rotatable bonds is 5. The average molecular weight is 262 g/mol. The highest BCUT2D eigenvalue weighted by molar-refractivity contribution is 8.07. The lowest BCUT2D eigenvalue weighted by Gasteiger charge is -2.38. The van der Waals surface area contributed by atoms with E-state index in [1.54, 1.807) is 0 Å². The maximum absolute atomic E-state index is 5.74. The summed E-state index contributed by atoms with van der Waals surface area (Å²) in [5.41, 5.74) is 3.06. The first-order chi connectivity index (χ1) is 7.60. The number of thioether (sulfide) groups is 2. The number of hydrazine groups is 1. The third-order valence-electron chi connectivity index (χ3n) is 3.52. The lowest BCUT2D eigenvalue weighted by atomic mass is 9.95. The monoisotopic (exact) mass is 262 g/mol. The normalized spacial score (nSPS) is 34.7.